The molecule has 3 heteroatoms. The first-order chi connectivity index (χ1) is 7.66. The summed E-state index contributed by atoms with van der Waals surface area (Å²) in [6.45, 7) is 4.21. The second kappa shape index (κ2) is 4.93. The number of nitrogens with zero attached hydrogens (tertiary/aromatic N) is 1. The maximum absolute atomic E-state index is 13.5. The van der Waals surface area contributed by atoms with Gasteiger partial charge < -0.3 is 10.2 Å². The smallest absolute Gasteiger partial charge is 0.127 e. The predicted octanol–water partition coefficient (Wildman–Crippen LogP) is 2.18. The van der Waals surface area contributed by atoms with Gasteiger partial charge in [0.1, 0.15) is 5.82 Å². The van der Waals surface area contributed by atoms with Gasteiger partial charge in [-0.1, -0.05) is 18.2 Å². The van der Waals surface area contributed by atoms with E-state index in [4.69, 9.17) is 0 Å². The Bertz CT molecular complexity index is 354. The molecule has 2 rings (SSSR count). The van der Waals surface area contributed by atoms with Crippen molar-refractivity contribution >= 4 is 0 Å². The summed E-state index contributed by atoms with van der Waals surface area (Å²) in [6, 6.07) is 7.56. The summed E-state index contributed by atoms with van der Waals surface area (Å²) in [7, 11) is 2.12. The number of likely N-dealkylation sites (tertiary alicyclic amines) is 1. The number of nitrogens with one attached hydrogen (secondary N) is 1. The maximum atomic E-state index is 13.5. The first-order valence-corrected chi connectivity index (χ1v) is 5.86. The first-order valence-electron chi connectivity index (χ1n) is 5.86. The Labute approximate surface area is 96.5 Å². The molecule has 1 aromatic rings. The number of rotatable bonds is 3. The zero-order chi connectivity index (χ0) is 11.5. The van der Waals surface area contributed by atoms with Gasteiger partial charge in [-0.25, -0.2) is 4.39 Å². The largest absolute Gasteiger partial charge is 0.306 e. The monoisotopic (exact) mass is 222 g/mol. The standard InChI is InChI=1S/C13H19FN2/c1-10(12-5-3-4-6-13(12)14)15-11-7-8-16(2)9-11/h3-6,10-11,15H,7-9H2,1-2H3. The molecule has 1 aliphatic heterocycles. The van der Waals surface area contributed by atoms with Crippen LogP contribution in [-0.2, 0) is 0 Å². The van der Waals surface area contributed by atoms with Crippen LogP contribution in [0, 0.1) is 5.82 Å². The molecule has 1 fully saturated rings. The van der Waals surface area contributed by atoms with Crippen LogP contribution in [0.25, 0.3) is 0 Å². The van der Waals surface area contributed by atoms with E-state index >= 15 is 0 Å². The second-order valence-corrected chi connectivity index (χ2v) is 4.66. The Balaban J connectivity index is 1.98. The fourth-order valence-electron chi connectivity index (χ4n) is 2.34. The van der Waals surface area contributed by atoms with Gasteiger partial charge in [-0.15, -0.1) is 0 Å². The van der Waals surface area contributed by atoms with Gasteiger partial charge in [0, 0.05) is 24.2 Å². The van der Waals surface area contributed by atoms with Crippen molar-refractivity contribution in [3.05, 3.63) is 35.6 Å². The minimum Gasteiger partial charge on any atom is -0.306 e. The molecule has 0 bridgehead atoms. The molecule has 2 unspecified atom stereocenters. The van der Waals surface area contributed by atoms with Gasteiger partial charge >= 0.3 is 0 Å². The van der Waals surface area contributed by atoms with E-state index in [1.807, 2.05) is 19.1 Å². The average Bonchev–Trinajstić information content (AvgIpc) is 2.64. The highest BCUT2D eigenvalue weighted by Gasteiger charge is 2.21. The number of hydrogen-bond donors (Lipinski definition) is 1. The first kappa shape index (κ1) is 11.6. The topological polar surface area (TPSA) is 15.3 Å². The Kier molecular flexibility index (Phi) is 3.56. The van der Waals surface area contributed by atoms with Gasteiger partial charge in [0.25, 0.3) is 0 Å². The minimum absolute atomic E-state index is 0.0812. The molecule has 2 nitrogen and oxygen atoms in total. The van der Waals surface area contributed by atoms with Crippen molar-refractivity contribution in [2.45, 2.75) is 25.4 Å². The molecule has 1 N–H and O–H groups in total. The van der Waals surface area contributed by atoms with Gasteiger partial charge in [0.05, 0.1) is 0 Å². The number of benzene rings is 1. The molecule has 1 saturated heterocycles. The van der Waals surface area contributed by atoms with E-state index in [2.05, 4.69) is 17.3 Å². The van der Waals surface area contributed by atoms with Crippen LogP contribution in [0.5, 0.6) is 0 Å². The van der Waals surface area contributed by atoms with Crippen LogP contribution in [0.4, 0.5) is 4.39 Å². The Morgan fingerprint density at radius 2 is 2.19 bits per heavy atom. The summed E-state index contributed by atoms with van der Waals surface area (Å²) >= 11 is 0. The molecule has 0 aromatic heterocycles. The van der Waals surface area contributed by atoms with E-state index in [1.165, 1.54) is 6.07 Å². The van der Waals surface area contributed by atoms with Crippen molar-refractivity contribution in [2.75, 3.05) is 20.1 Å². The molecule has 0 aliphatic carbocycles. The van der Waals surface area contributed by atoms with E-state index < -0.39 is 0 Å². The van der Waals surface area contributed by atoms with Gasteiger partial charge in [0.15, 0.2) is 0 Å². The molecule has 1 aromatic carbocycles. The normalized spacial score (nSPS) is 23.6. The Morgan fingerprint density at radius 3 is 2.81 bits per heavy atom. The molecule has 88 valence electrons. The zero-order valence-corrected chi connectivity index (χ0v) is 9.91. The van der Waals surface area contributed by atoms with Crippen LogP contribution in [0.3, 0.4) is 0 Å². The fourth-order valence-corrected chi connectivity index (χ4v) is 2.34. The van der Waals surface area contributed by atoms with E-state index in [0.717, 1.165) is 25.1 Å². The average molecular weight is 222 g/mol. The van der Waals surface area contributed by atoms with E-state index in [1.54, 1.807) is 6.07 Å². The summed E-state index contributed by atoms with van der Waals surface area (Å²) in [5.74, 6) is -0.117. The van der Waals surface area contributed by atoms with Crippen molar-refractivity contribution < 1.29 is 4.39 Å². The third-order valence-electron chi connectivity index (χ3n) is 3.25. The van der Waals surface area contributed by atoms with Crippen LogP contribution in [0.1, 0.15) is 24.9 Å². The molecule has 1 heterocycles. The third kappa shape index (κ3) is 2.60. The van der Waals surface area contributed by atoms with E-state index in [-0.39, 0.29) is 11.9 Å². The quantitative estimate of drug-likeness (QED) is 0.843. The minimum atomic E-state index is -0.117. The lowest BCUT2D eigenvalue weighted by atomic mass is 10.1. The molecule has 0 saturated carbocycles. The van der Waals surface area contributed by atoms with E-state index in [9.17, 15) is 4.39 Å². The Hall–Kier alpha value is -0.930. The molecule has 0 radical (unpaired) electrons. The fraction of sp³-hybridized carbons (Fsp3) is 0.538. The van der Waals surface area contributed by atoms with Crippen molar-refractivity contribution in [1.82, 2.24) is 10.2 Å². The molecule has 0 spiro atoms. The molecule has 2 atom stereocenters. The number of hydrogen-bond acceptors (Lipinski definition) is 2. The maximum Gasteiger partial charge on any atom is 0.127 e. The van der Waals surface area contributed by atoms with Crippen molar-refractivity contribution in [3.63, 3.8) is 0 Å². The summed E-state index contributed by atoms with van der Waals surface area (Å²) < 4.78 is 13.5. The zero-order valence-electron chi connectivity index (χ0n) is 9.91. The van der Waals surface area contributed by atoms with E-state index in [0.29, 0.717) is 6.04 Å². The molecule has 16 heavy (non-hydrogen) atoms. The second-order valence-electron chi connectivity index (χ2n) is 4.66. The molecular formula is C13H19FN2. The van der Waals surface area contributed by atoms with Gasteiger partial charge in [0.2, 0.25) is 0 Å². The predicted molar refractivity (Wildman–Crippen MR) is 63.9 cm³/mol. The summed E-state index contributed by atoms with van der Waals surface area (Å²) in [5.41, 5.74) is 0.761. The van der Waals surface area contributed by atoms with Crippen LogP contribution < -0.4 is 5.32 Å². The lowest BCUT2D eigenvalue weighted by Crippen LogP contribution is -2.33. The number of halogens is 1. The summed E-state index contributed by atoms with van der Waals surface area (Å²) in [4.78, 5) is 2.30. The highest BCUT2D eigenvalue weighted by atomic mass is 19.1. The SMILES string of the molecule is CC(NC1CCN(C)C1)c1ccccc1F. The van der Waals surface area contributed by atoms with Crippen LogP contribution in [0.15, 0.2) is 24.3 Å². The van der Waals surface area contributed by atoms with Crippen molar-refractivity contribution in [1.29, 1.82) is 0 Å². The van der Waals surface area contributed by atoms with Crippen molar-refractivity contribution in [2.24, 2.45) is 0 Å². The number of likely N-dealkylation sites (N-methyl/N-ethyl adjacent to an activating group) is 1. The van der Waals surface area contributed by atoms with Crippen LogP contribution in [0.2, 0.25) is 0 Å². The molecule has 1 aliphatic rings. The summed E-state index contributed by atoms with van der Waals surface area (Å²) in [6.07, 6.45) is 1.15. The van der Waals surface area contributed by atoms with Gasteiger partial charge in [-0.2, -0.15) is 0 Å². The van der Waals surface area contributed by atoms with Gasteiger partial charge in [-0.3, -0.25) is 0 Å². The molecular weight excluding hydrogens is 203 g/mol. The van der Waals surface area contributed by atoms with Crippen molar-refractivity contribution in [3.8, 4) is 0 Å². The lowest BCUT2D eigenvalue weighted by molar-refractivity contribution is 0.384. The summed E-state index contributed by atoms with van der Waals surface area (Å²) in [5, 5.41) is 3.48. The highest BCUT2D eigenvalue weighted by Crippen LogP contribution is 2.18. The van der Waals surface area contributed by atoms with Gasteiger partial charge in [-0.05, 0) is 33.0 Å². The lowest BCUT2D eigenvalue weighted by Gasteiger charge is -2.20. The van der Waals surface area contributed by atoms with Crippen LogP contribution >= 0.6 is 0 Å². The Morgan fingerprint density at radius 1 is 1.44 bits per heavy atom. The molecule has 0 amide bonds. The third-order valence-corrected chi connectivity index (χ3v) is 3.25. The van der Waals surface area contributed by atoms with Crippen LogP contribution in [-0.4, -0.2) is 31.1 Å². The highest BCUT2D eigenvalue weighted by molar-refractivity contribution is 5.20.